The highest BCUT2D eigenvalue weighted by atomic mass is 15.3. The maximum atomic E-state index is 5.83. The van der Waals surface area contributed by atoms with Crippen LogP contribution in [-0.4, -0.2) is 26.7 Å². The molecule has 0 saturated heterocycles. The van der Waals surface area contributed by atoms with Crippen molar-refractivity contribution in [2.75, 3.05) is 12.8 Å². The summed E-state index contributed by atoms with van der Waals surface area (Å²) in [6.07, 6.45) is 1.61. The Labute approximate surface area is 114 Å². The fraction of sp³-hybridized carbons (Fsp3) is 0.429. The molecule has 0 bridgehead atoms. The Hall–Kier alpha value is -1.88. The zero-order valence-electron chi connectivity index (χ0n) is 11.7. The Balaban J connectivity index is 2.09. The van der Waals surface area contributed by atoms with Gasteiger partial charge in [0.25, 0.3) is 0 Å². The standard InChI is InChI=1S/C14H21N5/c1-4-19-14(16-10-17-19)9-18(3)11(2)12-6-5-7-13(15)8-12/h5-8,10-11H,4,9,15H2,1-3H3. The SMILES string of the molecule is CCn1ncnc1CN(C)C(C)c1cccc(N)c1. The highest BCUT2D eigenvalue weighted by Crippen LogP contribution is 2.21. The van der Waals surface area contributed by atoms with Crippen molar-refractivity contribution in [3.63, 3.8) is 0 Å². The van der Waals surface area contributed by atoms with E-state index in [2.05, 4.69) is 41.9 Å². The van der Waals surface area contributed by atoms with E-state index in [1.54, 1.807) is 6.33 Å². The molecule has 0 aliphatic carbocycles. The minimum absolute atomic E-state index is 0.283. The summed E-state index contributed by atoms with van der Waals surface area (Å²) in [6, 6.07) is 8.30. The third-order valence-corrected chi connectivity index (χ3v) is 3.44. The van der Waals surface area contributed by atoms with Crippen LogP contribution in [0.2, 0.25) is 0 Å². The quantitative estimate of drug-likeness (QED) is 0.835. The molecule has 1 unspecified atom stereocenters. The van der Waals surface area contributed by atoms with E-state index in [1.165, 1.54) is 5.56 Å². The van der Waals surface area contributed by atoms with Crippen LogP contribution in [-0.2, 0) is 13.1 Å². The Morgan fingerprint density at radius 3 is 2.89 bits per heavy atom. The van der Waals surface area contributed by atoms with Crippen LogP contribution in [0.4, 0.5) is 5.69 Å². The lowest BCUT2D eigenvalue weighted by Gasteiger charge is -2.24. The molecule has 5 nitrogen and oxygen atoms in total. The van der Waals surface area contributed by atoms with Crippen LogP contribution in [0.3, 0.4) is 0 Å². The second-order valence-corrected chi connectivity index (χ2v) is 4.75. The molecule has 1 heterocycles. The number of nitrogens with two attached hydrogens (primary N) is 1. The molecule has 102 valence electrons. The maximum absolute atomic E-state index is 5.83. The Morgan fingerprint density at radius 2 is 2.21 bits per heavy atom. The second kappa shape index (κ2) is 5.84. The molecule has 0 spiro atoms. The third-order valence-electron chi connectivity index (χ3n) is 3.44. The van der Waals surface area contributed by atoms with Gasteiger partial charge in [-0.15, -0.1) is 0 Å². The van der Waals surface area contributed by atoms with Crippen LogP contribution in [0.25, 0.3) is 0 Å². The molecule has 0 saturated carbocycles. The molecule has 1 atom stereocenters. The smallest absolute Gasteiger partial charge is 0.141 e. The number of rotatable bonds is 5. The van der Waals surface area contributed by atoms with Crippen molar-refractivity contribution in [3.8, 4) is 0 Å². The van der Waals surface area contributed by atoms with Gasteiger partial charge in [0.1, 0.15) is 12.2 Å². The molecular weight excluding hydrogens is 238 g/mol. The van der Waals surface area contributed by atoms with Gasteiger partial charge in [-0.2, -0.15) is 5.10 Å². The first-order valence-corrected chi connectivity index (χ1v) is 6.54. The van der Waals surface area contributed by atoms with Gasteiger partial charge in [0.2, 0.25) is 0 Å². The minimum atomic E-state index is 0.283. The minimum Gasteiger partial charge on any atom is -0.399 e. The van der Waals surface area contributed by atoms with Gasteiger partial charge < -0.3 is 5.73 Å². The monoisotopic (exact) mass is 259 g/mol. The van der Waals surface area contributed by atoms with Crippen molar-refractivity contribution in [1.29, 1.82) is 0 Å². The number of hydrogen-bond donors (Lipinski definition) is 1. The summed E-state index contributed by atoms with van der Waals surface area (Å²) in [7, 11) is 2.09. The topological polar surface area (TPSA) is 60.0 Å². The van der Waals surface area contributed by atoms with Gasteiger partial charge in [0.05, 0.1) is 6.54 Å². The van der Waals surface area contributed by atoms with Gasteiger partial charge in [-0.25, -0.2) is 9.67 Å². The third kappa shape index (κ3) is 3.12. The normalized spacial score (nSPS) is 12.8. The van der Waals surface area contributed by atoms with Crippen molar-refractivity contribution < 1.29 is 0 Å². The van der Waals surface area contributed by atoms with Crippen LogP contribution in [0.5, 0.6) is 0 Å². The van der Waals surface area contributed by atoms with Crippen LogP contribution < -0.4 is 5.73 Å². The van der Waals surface area contributed by atoms with Gasteiger partial charge in [-0.1, -0.05) is 12.1 Å². The first kappa shape index (κ1) is 13.5. The zero-order chi connectivity index (χ0) is 13.8. The number of aryl methyl sites for hydroxylation is 1. The van der Waals surface area contributed by atoms with Gasteiger partial charge in [0, 0.05) is 18.3 Å². The summed E-state index contributed by atoms with van der Waals surface area (Å²) in [6.45, 7) is 5.85. The van der Waals surface area contributed by atoms with Crippen LogP contribution in [0.15, 0.2) is 30.6 Å². The molecule has 1 aromatic heterocycles. The van der Waals surface area contributed by atoms with Gasteiger partial charge in [-0.3, -0.25) is 4.90 Å². The second-order valence-electron chi connectivity index (χ2n) is 4.75. The predicted octanol–water partition coefficient (Wildman–Crippen LogP) is 2.07. The lowest BCUT2D eigenvalue weighted by molar-refractivity contribution is 0.242. The van der Waals surface area contributed by atoms with Gasteiger partial charge >= 0.3 is 0 Å². The van der Waals surface area contributed by atoms with Crippen molar-refractivity contribution in [2.24, 2.45) is 0 Å². The Morgan fingerprint density at radius 1 is 1.42 bits per heavy atom. The molecule has 5 heteroatoms. The molecule has 1 aromatic carbocycles. The van der Waals surface area contributed by atoms with Crippen LogP contribution >= 0.6 is 0 Å². The fourth-order valence-electron chi connectivity index (χ4n) is 2.11. The largest absolute Gasteiger partial charge is 0.399 e. The average Bonchev–Trinajstić information content (AvgIpc) is 2.85. The summed E-state index contributed by atoms with van der Waals surface area (Å²) in [4.78, 5) is 6.55. The molecule has 0 aliphatic rings. The summed E-state index contributed by atoms with van der Waals surface area (Å²) < 4.78 is 1.92. The Bertz CT molecular complexity index is 534. The van der Waals surface area contributed by atoms with Crippen LogP contribution in [0, 0.1) is 0 Å². The average molecular weight is 259 g/mol. The Kier molecular flexibility index (Phi) is 4.16. The number of benzene rings is 1. The van der Waals surface area contributed by atoms with E-state index < -0.39 is 0 Å². The summed E-state index contributed by atoms with van der Waals surface area (Å²) >= 11 is 0. The molecule has 0 amide bonds. The molecular formula is C14H21N5. The van der Waals surface area contributed by atoms with Crippen molar-refractivity contribution in [3.05, 3.63) is 42.0 Å². The predicted molar refractivity (Wildman–Crippen MR) is 76.4 cm³/mol. The van der Waals surface area contributed by atoms with Gasteiger partial charge in [-0.05, 0) is 38.6 Å². The number of nitrogen functional groups attached to an aromatic ring is 1. The van der Waals surface area contributed by atoms with Gasteiger partial charge in [0.15, 0.2) is 0 Å². The van der Waals surface area contributed by atoms with E-state index >= 15 is 0 Å². The van der Waals surface area contributed by atoms with E-state index in [4.69, 9.17) is 5.73 Å². The first-order chi connectivity index (χ1) is 9.11. The molecule has 19 heavy (non-hydrogen) atoms. The van der Waals surface area contributed by atoms with Crippen molar-refractivity contribution in [1.82, 2.24) is 19.7 Å². The summed E-state index contributed by atoms with van der Waals surface area (Å²) in [5.41, 5.74) is 7.85. The van der Waals surface area contributed by atoms with E-state index in [-0.39, 0.29) is 6.04 Å². The molecule has 0 aliphatic heterocycles. The molecule has 0 fully saturated rings. The number of nitrogens with zero attached hydrogens (tertiary/aromatic N) is 4. The molecule has 0 radical (unpaired) electrons. The summed E-state index contributed by atoms with van der Waals surface area (Å²) in [5, 5.41) is 4.19. The lowest BCUT2D eigenvalue weighted by Crippen LogP contribution is -2.24. The first-order valence-electron chi connectivity index (χ1n) is 6.54. The van der Waals surface area contributed by atoms with E-state index in [0.717, 1.165) is 24.6 Å². The highest BCUT2D eigenvalue weighted by Gasteiger charge is 2.14. The lowest BCUT2D eigenvalue weighted by atomic mass is 10.1. The number of anilines is 1. The number of hydrogen-bond acceptors (Lipinski definition) is 4. The zero-order valence-corrected chi connectivity index (χ0v) is 11.7. The summed E-state index contributed by atoms with van der Waals surface area (Å²) in [5.74, 6) is 0.987. The van der Waals surface area contributed by atoms with Crippen molar-refractivity contribution in [2.45, 2.75) is 33.0 Å². The van der Waals surface area contributed by atoms with Crippen molar-refractivity contribution >= 4 is 5.69 Å². The maximum Gasteiger partial charge on any atom is 0.141 e. The van der Waals surface area contributed by atoms with E-state index in [0.29, 0.717) is 0 Å². The molecule has 2 N–H and O–H groups in total. The molecule has 2 rings (SSSR count). The fourth-order valence-corrected chi connectivity index (χ4v) is 2.11. The van der Waals surface area contributed by atoms with E-state index in [1.807, 2.05) is 22.9 Å². The molecule has 2 aromatic rings. The van der Waals surface area contributed by atoms with Crippen LogP contribution in [0.1, 0.15) is 31.3 Å². The van der Waals surface area contributed by atoms with E-state index in [9.17, 15) is 0 Å². The highest BCUT2D eigenvalue weighted by molar-refractivity contribution is 5.41. The number of aromatic nitrogens is 3.